The van der Waals surface area contributed by atoms with Gasteiger partial charge in [-0.3, -0.25) is 9.48 Å². The molecule has 1 aliphatic rings. The largest absolute Gasteiger partial charge is 0.345 e. The molecule has 0 spiro atoms. The van der Waals surface area contributed by atoms with Gasteiger partial charge < -0.3 is 5.32 Å². The summed E-state index contributed by atoms with van der Waals surface area (Å²) in [5, 5.41) is 7.42. The van der Waals surface area contributed by atoms with Gasteiger partial charge in [-0.05, 0) is 49.8 Å². The maximum Gasteiger partial charge on any atom is 0.242 e. The van der Waals surface area contributed by atoms with Crippen LogP contribution >= 0.6 is 0 Å². The fraction of sp³-hybridized carbons (Fsp3) is 0.412. The molecule has 3 rings (SSSR count). The van der Waals surface area contributed by atoms with E-state index in [1.807, 2.05) is 25.3 Å². The van der Waals surface area contributed by atoms with Gasteiger partial charge in [-0.2, -0.15) is 5.10 Å². The molecule has 1 aromatic carbocycles. The minimum Gasteiger partial charge on any atom is -0.345 e. The molecule has 1 N–H and O–H groups in total. The Kier molecular flexibility index (Phi) is 3.53. The van der Waals surface area contributed by atoms with Crippen molar-refractivity contribution in [3.05, 3.63) is 53.3 Å². The van der Waals surface area contributed by atoms with Gasteiger partial charge in [0, 0.05) is 6.20 Å². The Morgan fingerprint density at radius 3 is 2.67 bits per heavy atom. The first-order valence-corrected chi connectivity index (χ1v) is 7.45. The van der Waals surface area contributed by atoms with Gasteiger partial charge >= 0.3 is 0 Å². The number of carbonyl (C=O) groups is 1. The van der Waals surface area contributed by atoms with Crippen molar-refractivity contribution in [1.82, 2.24) is 15.1 Å². The third-order valence-electron chi connectivity index (χ3n) is 4.31. The zero-order valence-electron chi connectivity index (χ0n) is 12.6. The molecule has 0 saturated heterocycles. The van der Waals surface area contributed by atoms with Crippen LogP contribution in [0.4, 0.5) is 0 Å². The summed E-state index contributed by atoms with van der Waals surface area (Å²) in [5.74, 6) is 0.0288. The van der Waals surface area contributed by atoms with Crippen LogP contribution in [0.2, 0.25) is 0 Å². The molecule has 2 aromatic rings. The smallest absolute Gasteiger partial charge is 0.242 e. The van der Waals surface area contributed by atoms with E-state index < -0.39 is 0 Å². The molecule has 4 nitrogen and oxygen atoms in total. The Morgan fingerprint density at radius 1 is 1.33 bits per heavy atom. The van der Waals surface area contributed by atoms with Crippen LogP contribution in [0.1, 0.15) is 36.0 Å². The van der Waals surface area contributed by atoms with Crippen LogP contribution < -0.4 is 5.32 Å². The van der Waals surface area contributed by atoms with Crippen molar-refractivity contribution in [3.63, 3.8) is 0 Å². The minimum atomic E-state index is -0.176. The van der Waals surface area contributed by atoms with Gasteiger partial charge in [0.15, 0.2) is 0 Å². The van der Waals surface area contributed by atoms with Crippen molar-refractivity contribution < 1.29 is 4.79 Å². The molecule has 0 radical (unpaired) electrons. The van der Waals surface area contributed by atoms with E-state index in [4.69, 9.17) is 0 Å². The number of nitrogens with one attached hydrogen (secondary N) is 1. The van der Waals surface area contributed by atoms with E-state index in [1.54, 1.807) is 10.9 Å². The summed E-state index contributed by atoms with van der Waals surface area (Å²) < 4.78 is 1.69. The van der Waals surface area contributed by atoms with Gasteiger partial charge in [0.25, 0.3) is 0 Å². The number of carbonyl (C=O) groups excluding carboxylic acids is 1. The second-order valence-electron chi connectivity index (χ2n) is 6.01. The SMILES string of the molecule is Cc1cnn(CC(=O)NC2(c3ccccc3C)CCC2)c1. The van der Waals surface area contributed by atoms with Crippen molar-refractivity contribution in [2.24, 2.45) is 0 Å². The zero-order chi connectivity index (χ0) is 14.9. The summed E-state index contributed by atoms with van der Waals surface area (Å²) in [6.45, 7) is 4.36. The van der Waals surface area contributed by atoms with Gasteiger partial charge in [-0.15, -0.1) is 0 Å². The molecule has 0 aliphatic heterocycles. The normalized spacial score (nSPS) is 16.3. The summed E-state index contributed by atoms with van der Waals surface area (Å²) in [4.78, 5) is 12.3. The highest BCUT2D eigenvalue weighted by Crippen LogP contribution is 2.42. The summed E-state index contributed by atoms with van der Waals surface area (Å²) in [6.07, 6.45) is 6.85. The van der Waals surface area contributed by atoms with Crippen molar-refractivity contribution in [2.75, 3.05) is 0 Å². The van der Waals surface area contributed by atoms with Crippen molar-refractivity contribution in [1.29, 1.82) is 0 Å². The van der Waals surface area contributed by atoms with E-state index >= 15 is 0 Å². The van der Waals surface area contributed by atoms with Crippen molar-refractivity contribution in [2.45, 2.75) is 45.2 Å². The number of aromatic nitrogens is 2. The highest BCUT2D eigenvalue weighted by molar-refractivity contribution is 5.77. The summed E-state index contributed by atoms with van der Waals surface area (Å²) in [6, 6.07) is 8.33. The van der Waals surface area contributed by atoms with Crippen molar-refractivity contribution in [3.8, 4) is 0 Å². The minimum absolute atomic E-state index is 0.0288. The van der Waals surface area contributed by atoms with Crippen LogP contribution in [0.3, 0.4) is 0 Å². The average Bonchev–Trinajstić information content (AvgIpc) is 2.80. The molecule has 1 heterocycles. The molecular formula is C17H21N3O. The predicted octanol–water partition coefficient (Wildman–Crippen LogP) is 2.70. The second-order valence-corrected chi connectivity index (χ2v) is 6.01. The van der Waals surface area contributed by atoms with Crippen molar-refractivity contribution >= 4 is 5.91 Å². The topological polar surface area (TPSA) is 46.9 Å². The second kappa shape index (κ2) is 5.35. The molecule has 1 fully saturated rings. The number of benzene rings is 1. The fourth-order valence-electron chi connectivity index (χ4n) is 3.11. The maximum atomic E-state index is 12.3. The van der Waals surface area contributed by atoms with Gasteiger partial charge in [0.1, 0.15) is 6.54 Å². The third kappa shape index (κ3) is 2.71. The first-order chi connectivity index (χ1) is 10.1. The van der Waals surface area contributed by atoms with E-state index in [0.29, 0.717) is 0 Å². The van der Waals surface area contributed by atoms with E-state index in [1.165, 1.54) is 11.1 Å². The Morgan fingerprint density at radius 2 is 2.10 bits per heavy atom. The summed E-state index contributed by atoms with van der Waals surface area (Å²) in [7, 11) is 0. The van der Waals surface area contributed by atoms with E-state index in [2.05, 4.69) is 29.5 Å². The number of hydrogen-bond donors (Lipinski definition) is 1. The molecule has 1 amide bonds. The highest BCUT2D eigenvalue weighted by Gasteiger charge is 2.40. The van der Waals surface area contributed by atoms with Crippen LogP contribution in [0.25, 0.3) is 0 Å². The van der Waals surface area contributed by atoms with Crippen LogP contribution in [-0.4, -0.2) is 15.7 Å². The number of aryl methyl sites for hydroxylation is 2. The Bertz CT molecular complexity index is 656. The first-order valence-electron chi connectivity index (χ1n) is 7.45. The van der Waals surface area contributed by atoms with Crippen LogP contribution in [0.5, 0.6) is 0 Å². The standard InChI is InChI=1S/C17H21N3O/c1-13-10-18-20(11-13)12-16(21)19-17(8-5-9-17)15-7-4-3-6-14(15)2/h3-4,6-7,10-11H,5,8-9,12H2,1-2H3,(H,19,21). The highest BCUT2D eigenvalue weighted by atomic mass is 16.2. The van der Waals surface area contributed by atoms with Gasteiger partial charge in [-0.1, -0.05) is 24.3 Å². The molecule has 110 valence electrons. The quantitative estimate of drug-likeness (QED) is 0.937. The number of hydrogen-bond acceptors (Lipinski definition) is 2. The molecular weight excluding hydrogens is 262 g/mol. The number of nitrogens with zero attached hydrogens (tertiary/aromatic N) is 2. The van der Waals surface area contributed by atoms with Gasteiger partial charge in [-0.25, -0.2) is 0 Å². The van der Waals surface area contributed by atoms with Crippen LogP contribution in [0.15, 0.2) is 36.7 Å². The number of rotatable bonds is 4. The van der Waals surface area contributed by atoms with E-state index in [9.17, 15) is 4.79 Å². The molecule has 1 aliphatic carbocycles. The summed E-state index contributed by atoms with van der Waals surface area (Å²) >= 11 is 0. The monoisotopic (exact) mass is 283 g/mol. The lowest BCUT2D eigenvalue weighted by Gasteiger charge is -2.44. The predicted molar refractivity (Wildman–Crippen MR) is 81.8 cm³/mol. The first kappa shape index (κ1) is 13.9. The molecule has 1 aromatic heterocycles. The maximum absolute atomic E-state index is 12.3. The van der Waals surface area contributed by atoms with E-state index in [-0.39, 0.29) is 18.0 Å². The molecule has 0 unspecified atom stereocenters. The Balaban J connectivity index is 1.75. The molecule has 21 heavy (non-hydrogen) atoms. The summed E-state index contributed by atoms with van der Waals surface area (Å²) in [5.41, 5.74) is 3.39. The van der Waals surface area contributed by atoms with Crippen LogP contribution in [0, 0.1) is 13.8 Å². The molecule has 1 saturated carbocycles. The molecule has 4 heteroatoms. The lowest BCUT2D eigenvalue weighted by Crippen LogP contribution is -2.52. The zero-order valence-corrected chi connectivity index (χ0v) is 12.6. The molecule has 0 bridgehead atoms. The van der Waals surface area contributed by atoms with Crippen LogP contribution in [-0.2, 0) is 16.9 Å². The average molecular weight is 283 g/mol. The Hall–Kier alpha value is -2.10. The lowest BCUT2D eigenvalue weighted by molar-refractivity contribution is -0.125. The van der Waals surface area contributed by atoms with E-state index in [0.717, 1.165) is 24.8 Å². The van der Waals surface area contributed by atoms with Gasteiger partial charge in [0.05, 0.1) is 11.7 Å². The van der Waals surface area contributed by atoms with Gasteiger partial charge in [0.2, 0.25) is 5.91 Å². The third-order valence-corrected chi connectivity index (χ3v) is 4.31. The molecule has 0 atom stereocenters. The lowest BCUT2D eigenvalue weighted by atomic mass is 9.70. The Labute approximate surface area is 125 Å². The number of amides is 1. The fourth-order valence-corrected chi connectivity index (χ4v) is 3.11.